The number of H-pyrrole nitrogens is 1. The lowest BCUT2D eigenvalue weighted by Gasteiger charge is -2.32. The van der Waals surface area contributed by atoms with E-state index in [1.165, 1.54) is 10.6 Å². The smallest absolute Gasteiger partial charge is 0.211 e. The Morgan fingerprint density at radius 3 is 3.04 bits per heavy atom. The highest BCUT2D eigenvalue weighted by atomic mass is 32.2. The predicted molar refractivity (Wildman–Crippen MR) is 98.0 cm³/mol. The number of anilines is 1. The Bertz CT molecular complexity index is 1030. The van der Waals surface area contributed by atoms with Gasteiger partial charge in [0.1, 0.15) is 5.82 Å². The maximum Gasteiger partial charge on any atom is 0.211 e. The molecular formula is C16H19N7O2S. The van der Waals surface area contributed by atoms with Gasteiger partial charge in [0.05, 0.1) is 24.5 Å². The van der Waals surface area contributed by atoms with Gasteiger partial charge in [-0.15, -0.1) is 0 Å². The molecule has 1 fully saturated rings. The summed E-state index contributed by atoms with van der Waals surface area (Å²) >= 11 is 0. The zero-order chi connectivity index (χ0) is 18.1. The Morgan fingerprint density at radius 1 is 1.31 bits per heavy atom. The average molecular weight is 373 g/mol. The van der Waals surface area contributed by atoms with Gasteiger partial charge in [-0.25, -0.2) is 32.7 Å². The standard InChI is InChI=1S/C16H19N7O2S/c1-26(24,25)23-7-3-4-11(9-23)21-14-12(5-2-6-17-14)13-8-18-15-16(22-13)20-10-19-15/h2,5-6,8,10-11H,3-4,7,9H2,1H3,(H,17,21)(H,18,19,20,22). The highest BCUT2D eigenvalue weighted by molar-refractivity contribution is 7.88. The molecule has 3 aromatic rings. The zero-order valence-electron chi connectivity index (χ0n) is 14.3. The van der Waals surface area contributed by atoms with Gasteiger partial charge in [-0.1, -0.05) is 0 Å². The molecule has 1 atom stereocenters. The van der Waals surface area contributed by atoms with E-state index in [9.17, 15) is 8.42 Å². The summed E-state index contributed by atoms with van der Waals surface area (Å²) in [6.07, 6.45) is 7.86. The van der Waals surface area contributed by atoms with Crippen molar-refractivity contribution in [2.45, 2.75) is 18.9 Å². The molecule has 0 radical (unpaired) electrons. The van der Waals surface area contributed by atoms with Crippen LogP contribution in [0.25, 0.3) is 22.6 Å². The number of sulfonamides is 1. The summed E-state index contributed by atoms with van der Waals surface area (Å²) in [5.74, 6) is 0.664. The van der Waals surface area contributed by atoms with Crippen molar-refractivity contribution in [1.82, 2.24) is 29.2 Å². The van der Waals surface area contributed by atoms with Crippen LogP contribution in [0.3, 0.4) is 0 Å². The van der Waals surface area contributed by atoms with Crippen LogP contribution in [-0.4, -0.2) is 63.0 Å². The van der Waals surface area contributed by atoms with Gasteiger partial charge in [-0.3, -0.25) is 0 Å². The Kier molecular flexibility index (Phi) is 4.29. The molecule has 0 bridgehead atoms. The second kappa shape index (κ2) is 6.61. The molecule has 26 heavy (non-hydrogen) atoms. The maximum absolute atomic E-state index is 11.8. The van der Waals surface area contributed by atoms with E-state index in [0.717, 1.165) is 18.4 Å². The molecule has 10 heteroatoms. The summed E-state index contributed by atoms with van der Waals surface area (Å²) in [6, 6.07) is 3.74. The van der Waals surface area contributed by atoms with Crippen molar-refractivity contribution in [2.75, 3.05) is 24.7 Å². The zero-order valence-corrected chi connectivity index (χ0v) is 15.1. The van der Waals surface area contributed by atoms with Crippen molar-refractivity contribution in [2.24, 2.45) is 0 Å². The number of pyridine rings is 1. The first-order valence-electron chi connectivity index (χ1n) is 8.34. The molecule has 4 heterocycles. The number of aromatic nitrogens is 5. The molecule has 1 saturated heterocycles. The molecular weight excluding hydrogens is 354 g/mol. The predicted octanol–water partition coefficient (Wildman–Crippen LogP) is 1.25. The lowest BCUT2D eigenvalue weighted by atomic mass is 10.1. The second-order valence-electron chi connectivity index (χ2n) is 6.33. The Labute approximate surface area is 151 Å². The molecule has 2 N–H and O–H groups in total. The van der Waals surface area contributed by atoms with Crippen LogP contribution >= 0.6 is 0 Å². The van der Waals surface area contributed by atoms with Crippen molar-refractivity contribution in [1.29, 1.82) is 0 Å². The second-order valence-corrected chi connectivity index (χ2v) is 8.32. The van der Waals surface area contributed by atoms with Crippen molar-refractivity contribution in [3.63, 3.8) is 0 Å². The molecule has 0 aliphatic carbocycles. The highest BCUT2D eigenvalue weighted by Crippen LogP contribution is 2.26. The molecule has 136 valence electrons. The number of fused-ring (bicyclic) bond motifs is 1. The van der Waals surface area contributed by atoms with Crippen molar-refractivity contribution >= 4 is 27.1 Å². The number of rotatable bonds is 4. The molecule has 9 nitrogen and oxygen atoms in total. The fourth-order valence-electron chi connectivity index (χ4n) is 3.14. The number of aromatic amines is 1. The molecule has 1 aliphatic rings. The van der Waals surface area contributed by atoms with E-state index in [-0.39, 0.29) is 6.04 Å². The average Bonchev–Trinajstić information content (AvgIpc) is 3.09. The van der Waals surface area contributed by atoms with Crippen LogP contribution in [0.2, 0.25) is 0 Å². The van der Waals surface area contributed by atoms with E-state index in [4.69, 9.17) is 0 Å². The van der Waals surface area contributed by atoms with E-state index in [2.05, 4.69) is 30.2 Å². The number of imidazole rings is 1. The van der Waals surface area contributed by atoms with Gasteiger partial charge in [-0.2, -0.15) is 0 Å². The molecule has 0 amide bonds. The van der Waals surface area contributed by atoms with E-state index in [1.54, 1.807) is 18.7 Å². The van der Waals surface area contributed by atoms with Crippen molar-refractivity contribution in [3.05, 3.63) is 30.9 Å². The molecule has 3 aromatic heterocycles. The minimum absolute atomic E-state index is 0.00537. The van der Waals surface area contributed by atoms with Gasteiger partial charge in [0.2, 0.25) is 10.0 Å². The summed E-state index contributed by atoms with van der Waals surface area (Å²) < 4.78 is 25.2. The summed E-state index contributed by atoms with van der Waals surface area (Å²) in [5, 5.41) is 3.38. The Morgan fingerprint density at radius 2 is 2.19 bits per heavy atom. The minimum atomic E-state index is -3.19. The van der Waals surface area contributed by atoms with Gasteiger partial charge >= 0.3 is 0 Å². The SMILES string of the molecule is CS(=O)(=O)N1CCCC(Nc2ncccc2-c2cnc3[nH]cnc3n2)C1. The molecule has 0 spiro atoms. The topological polar surface area (TPSA) is 117 Å². The molecule has 1 aliphatic heterocycles. The van der Waals surface area contributed by atoms with Crippen LogP contribution in [0.5, 0.6) is 0 Å². The fraction of sp³-hybridized carbons (Fsp3) is 0.375. The van der Waals surface area contributed by atoms with Gasteiger partial charge in [0.25, 0.3) is 0 Å². The lowest BCUT2D eigenvalue weighted by Crippen LogP contribution is -2.44. The monoisotopic (exact) mass is 373 g/mol. The van der Waals surface area contributed by atoms with Gasteiger partial charge < -0.3 is 10.3 Å². The van der Waals surface area contributed by atoms with Gasteiger partial charge in [0.15, 0.2) is 11.3 Å². The third kappa shape index (κ3) is 3.37. The number of piperidine rings is 1. The van der Waals surface area contributed by atoms with Gasteiger partial charge in [-0.05, 0) is 25.0 Å². The lowest BCUT2D eigenvalue weighted by molar-refractivity contribution is 0.329. The number of nitrogens with zero attached hydrogens (tertiary/aromatic N) is 5. The first-order valence-corrected chi connectivity index (χ1v) is 10.2. The number of hydrogen-bond donors (Lipinski definition) is 2. The highest BCUT2D eigenvalue weighted by Gasteiger charge is 2.26. The Balaban J connectivity index is 1.61. The molecule has 4 rings (SSSR count). The normalized spacial score (nSPS) is 18.9. The van der Waals surface area contributed by atoms with E-state index in [0.29, 0.717) is 35.9 Å². The van der Waals surface area contributed by atoms with Crippen molar-refractivity contribution in [3.8, 4) is 11.3 Å². The molecule has 1 unspecified atom stereocenters. The first kappa shape index (κ1) is 16.9. The third-order valence-corrected chi connectivity index (χ3v) is 5.69. The van der Waals surface area contributed by atoms with Gasteiger partial charge in [0, 0.05) is 30.9 Å². The minimum Gasteiger partial charge on any atom is -0.365 e. The van der Waals surface area contributed by atoms with Crippen LogP contribution in [0, 0.1) is 0 Å². The largest absolute Gasteiger partial charge is 0.365 e. The summed E-state index contributed by atoms with van der Waals surface area (Å²) in [4.78, 5) is 20.3. The van der Waals surface area contributed by atoms with E-state index in [1.807, 2.05) is 12.1 Å². The first-order chi connectivity index (χ1) is 12.5. The summed E-state index contributed by atoms with van der Waals surface area (Å²) in [5.41, 5.74) is 2.64. The van der Waals surface area contributed by atoms with Crippen molar-refractivity contribution < 1.29 is 8.42 Å². The molecule has 0 aromatic carbocycles. The van der Waals surface area contributed by atoms with Crippen LogP contribution in [-0.2, 0) is 10.0 Å². The van der Waals surface area contributed by atoms with Crippen LogP contribution in [0.15, 0.2) is 30.9 Å². The summed E-state index contributed by atoms with van der Waals surface area (Å²) in [7, 11) is -3.19. The number of nitrogens with one attached hydrogen (secondary N) is 2. The fourth-order valence-corrected chi connectivity index (χ4v) is 4.05. The quantitative estimate of drug-likeness (QED) is 0.707. The van der Waals surface area contributed by atoms with Crippen LogP contribution < -0.4 is 5.32 Å². The van der Waals surface area contributed by atoms with Crippen LogP contribution in [0.1, 0.15) is 12.8 Å². The van der Waals surface area contributed by atoms with E-state index >= 15 is 0 Å². The van der Waals surface area contributed by atoms with Crippen LogP contribution in [0.4, 0.5) is 5.82 Å². The Hall–Kier alpha value is -2.59. The maximum atomic E-state index is 11.8. The number of hydrogen-bond acceptors (Lipinski definition) is 7. The summed E-state index contributed by atoms with van der Waals surface area (Å²) in [6.45, 7) is 0.992. The van der Waals surface area contributed by atoms with E-state index < -0.39 is 10.0 Å². The molecule has 0 saturated carbocycles. The third-order valence-electron chi connectivity index (χ3n) is 4.42.